The molecule has 1 atom stereocenters. The molecular formula is C14H29ClN2O. The molecular weight excluding hydrogens is 248 g/mol. The van der Waals surface area contributed by atoms with Crippen molar-refractivity contribution in [1.82, 2.24) is 10.2 Å². The van der Waals surface area contributed by atoms with Crippen molar-refractivity contribution in [3.8, 4) is 0 Å². The zero-order chi connectivity index (χ0) is 12.9. The maximum absolute atomic E-state index is 12.0. The summed E-state index contributed by atoms with van der Waals surface area (Å²) in [6.07, 6.45) is 4.04. The summed E-state index contributed by atoms with van der Waals surface area (Å²) in [5, 5.41) is 3.19. The number of likely N-dealkylation sites (tertiary alicyclic amines) is 1. The molecule has 0 bridgehead atoms. The van der Waals surface area contributed by atoms with E-state index in [0.717, 1.165) is 45.3 Å². The zero-order valence-electron chi connectivity index (χ0n) is 12.3. The van der Waals surface area contributed by atoms with Gasteiger partial charge in [-0.05, 0) is 44.2 Å². The molecule has 18 heavy (non-hydrogen) atoms. The summed E-state index contributed by atoms with van der Waals surface area (Å²) in [6.45, 7) is 9.64. The standard InChI is InChI=1S/C14H28N2O.ClH/c1-14(2,3)8-5-6-13(17)16-9-7-12(11-16)10-15-4;/h12,15H,5-11H2,1-4H3;1H. The van der Waals surface area contributed by atoms with E-state index in [4.69, 9.17) is 0 Å². The van der Waals surface area contributed by atoms with E-state index in [2.05, 4.69) is 26.1 Å². The van der Waals surface area contributed by atoms with Gasteiger partial charge in [0.05, 0.1) is 0 Å². The molecule has 1 amide bonds. The molecule has 0 saturated carbocycles. The molecule has 3 nitrogen and oxygen atoms in total. The van der Waals surface area contributed by atoms with Crippen molar-refractivity contribution >= 4 is 18.3 Å². The number of carbonyl (C=O) groups is 1. The van der Waals surface area contributed by atoms with Gasteiger partial charge in [0.2, 0.25) is 5.91 Å². The highest BCUT2D eigenvalue weighted by atomic mass is 35.5. The Hall–Kier alpha value is -0.280. The van der Waals surface area contributed by atoms with Gasteiger partial charge in [0.1, 0.15) is 0 Å². The van der Waals surface area contributed by atoms with Crippen LogP contribution in [0.25, 0.3) is 0 Å². The first kappa shape index (κ1) is 17.7. The molecule has 1 aliphatic rings. The van der Waals surface area contributed by atoms with Crippen molar-refractivity contribution in [2.45, 2.75) is 46.5 Å². The van der Waals surface area contributed by atoms with Crippen molar-refractivity contribution in [3.63, 3.8) is 0 Å². The van der Waals surface area contributed by atoms with Gasteiger partial charge in [-0.25, -0.2) is 0 Å². The third-order valence-electron chi connectivity index (χ3n) is 3.45. The second-order valence-corrected chi connectivity index (χ2v) is 6.47. The highest BCUT2D eigenvalue weighted by Crippen LogP contribution is 2.23. The number of carbonyl (C=O) groups excluding carboxylic acids is 1. The Bertz CT molecular complexity index is 251. The maximum Gasteiger partial charge on any atom is 0.222 e. The van der Waals surface area contributed by atoms with Crippen LogP contribution in [0.4, 0.5) is 0 Å². The van der Waals surface area contributed by atoms with Crippen LogP contribution < -0.4 is 5.32 Å². The Morgan fingerprint density at radius 1 is 1.39 bits per heavy atom. The van der Waals surface area contributed by atoms with E-state index in [0.29, 0.717) is 17.2 Å². The molecule has 1 saturated heterocycles. The Kier molecular flexibility index (Phi) is 7.88. The second kappa shape index (κ2) is 8.00. The van der Waals surface area contributed by atoms with Crippen LogP contribution in [-0.2, 0) is 4.79 Å². The van der Waals surface area contributed by atoms with Gasteiger partial charge in [0.15, 0.2) is 0 Å². The van der Waals surface area contributed by atoms with Crippen LogP contribution in [0, 0.1) is 11.3 Å². The van der Waals surface area contributed by atoms with E-state index < -0.39 is 0 Å². The van der Waals surface area contributed by atoms with Crippen LogP contribution in [0.1, 0.15) is 46.5 Å². The maximum atomic E-state index is 12.0. The number of nitrogens with one attached hydrogen (secondary N) is 1. The van der Waals surface area contributed by atoms with E-state index >= 15 is 0 Å². The minimum absolute atomic E-state index is 0. The van der Waals surface area contributed by atoms with Crippen LogP contribution in [0.3, 0.4) is 0 Å². The van der Waals surface area contributed by atoms with Gasteiger partial charge in [-0.2, -0.15) is 0 Å². The van der Waals surface area contributed by atoms with Crippen molar-refractivity contribution in [2.75, 3.05) is 26.7 Å². The fourth-order valence-corrected chi connectivity index (χ4v) is 2.44. The third kappa shape index (κ3) is 6.60. The van der Waals surface area contributed by atoms with E-state index in [1.165, 1.54) is 0 Å². The topological polar surface area (TPSA) is 32.3 Å². The van der Waals surface area contributed by atoms with Crippen molar-refractivity contribution in [1.29, 1.82) is 0 Å². The highest BCUT2D eigenvalue weighted by Gasteiger charge is 2.25. The summed E-state index contributed by atoms with van der Waals surface area (Å²) >= 11 is 0. The van der Waals surface area contributed by atoms with Crippen molar-refractivity contribution < 1.29 is 4.79 Å². The normalized spacial score (nSPS) is 19.8. The number of halogens is 1. The fourth-order valence-electron chi connectivity index (χ4n) is 2.44. The molecule has 0 aromatic carbocycles. The molecule has 0 radical (unpaired) electrons. The minimum Gasteiger partial charge on any atom is -0.342 e. The largest absolute Gasteiger partial charge is 0.342 e. The monoisotopic (exact) mass is 276 g/mol. The first-order chi connectivity index (χ1) is 7.92. The summed E-state index contributed by atoms with van der Waals surface area (Å²) < 4.78 is 0. The van der Waals surface area contributed by atoms with Gasteiger partial charge in [-0.1, -0.05) is 20.8 Å². The number of hydrogen-bond acceptors (Lipinski definition) is 2. The Morgan fingerprint density at radius 2 is 2.06 bits per heavy atom. The number of nitrogens with zero attached hydrogens (tertiary/aromatic N) is 1. The van der Waals surface area contributed by atoms with Gasteiger partial charge in [-0.15, -0.1) is 12.4 Å². The van der Waals surface area contributed by atoms with E-state index in [-0.39, 0.29) is 12.4 Å². The van der Waals surface area contributed by atoms with Crippen LogP contribution >= 0.6 is 12.4 Å². The lowest BCUT2D eigenvalue weighted by molar-refractivity contribution is -0.130. The number of amides is 1. The molecule has 1 heterocycles. The SMILES string of the molecule is CNCC1CCN(C(=O)CCCC(C)(C)C)C1.Cl. The van der Waals surface area contributed by atoms with Gasteiger partial charge in [0, 0.05) is 19.5 Å². The number of hydrogen-bond donors (Lipinski definition) is 1. The molecule has 1 unspecified atom stereocenters. The van der Waals surface area contributed by atoms with Crippen molar-refractivity contribution in [3.05, 3.63) is 0 Å². The molecule has 1 rings (SSSR count). The highest BCUT2D eigenvalue weighted by molar-refractivity contribution is 5.85. The van der Waals surface area contributed by atoms with E-state index in [1.807, 2.05) is 11.9 Å². The molecule has 0 spiro atoms. The predicted molar refractivity (Wildman–Crippen MR) is 79.2 cm³/mol. The smallest absolute Gasteiger partial charge is 0.222 e. The van der Waals surface area contributed by atoms with Crippen molar-refractivity contribution in [2.24, 2.45) is 11.3 Å². The second-order valence-electron chi connectivity index (χ2n) is 6.47. The lowest BCUT2D eigenvalue weighted by atomic mass is 9.90. The molecule has 0 aliphatic carbocycles. The zero-order valence-corrected chi connectivity index (χ0v) is 13.1. The molecule has 0 aromatic rings. The lowest BCUT2D eigenvalue weighted by Gasteiger charge is -2.20. The van der Waals surface area contributed by atoms with Crippen LogP contribution in [-0.4, -0.2) is 37.5 Å². The lowest BCUT2D eigenvalue weighted by Crippen LogP contribution is -2.30. The summed E-state index contributed by atoms with van der Waals surface area (Å²) in [5.74, 6) is 1.01. The Labute approximate surface area is 118 Å². The summed E-state index contributed by atoms with van der Waals surface area (Å²) in [4.78, 5) is 14.0. The summed E-state index contributed by atoms with van der Waals surface area (Å²) in [6, 6.07) is 0. The fraction of sp³-hybridized carbons (Fsp3) is 0.929. The first-order valence-corrected chi connectivity index (χ1v) is 6.85. The third-order valence-corrected chi connectivity index (χ3v) is 3.45. The molecule has 1 aliphatic heterocycles. The molecule has 1 fully saturated rings. The van der Waals surface area contributed by atoms with Gasteiger partial charge in [-0.3, -0.25) is 4.79 Å². The van der Waals surface area contributed by atoms with Gasteiger partial charge in [0.25, 0.3) is 0 Å². The molecule has 1 N–H and O–H groups in total. The average molecular weight is 277 g/mol. The van der Waals surface area contributed by atoms with E-state index in [9.17, 15) is 4.79 Å². The van der Waals surface area contributed by atoms with Gasteiger partial charge < -0.3 is 10.2 Å². The number of rotatable bonds is 5. The van der Waals surface area contributed by atoms with Crippen LogP contribution in [0.15, 0.2) is 0 Å². The minimum atomic E-state index is 0. The molecule has 4 heteroatoms. The predicted octanol–water partition coefficient (Wildman–Crippen LogP) is 2.69. The van der Waals surface area contributed by atoms with E-state index in [1.54, 1.807) is 0 Å². The Balaban J connectivity index is 0.00000289. The molecule has 108 valence electrons. The molecule has 0 aromatic heterocycles. The van der Waals surface area contributed by atoms with Gasteiger partial charge >= 0.3 is 0 Å². The summed E-state index contributed by atoms with van der Waals surface area (Å²) in [5.41, 5.74) is 0.347. The average Bonchev–Trinajstić information content (AvgIpc) is 2.65. The first-order valence-electron chi connectivity index (χ1n) is 6.85. The summed E-state index contributed by atoms with van der Waals surface area (Å²) in [7, 11) is 1.98. The Morgan fingerprint density at radius 3 is 2.61 bits per heavy atom. The van der Waals surface area contributed by atoms with Crippen LogP contribution in [0.2, 0.25) is 0 Å². The quantitative estimate of drug-likeness (QED) is 0.837. The van der Waals surface area contributed by atoms with Crippen LogP contribution in [0.5, 0.6) is 0 Å².